The number of phosphoric acid groups is 1. The Morgan fingerprint density at radius 1 is 0.775 bits per heavy atom. The first-order valence-corrected chi connectivity index (χ1v) is 17.4. The molecule has 3 atom stereocenters. The van der Waals surface area contributed by atoms with Gasteiger partial charge in [-0.25, -0.2) is 4.89 Å². The van der Waals surface area contributed by atoms with Gasteiger partial charge in [0.05, 0.1) is 27.7 Å². The fourth-order valence-electron chi connectivity index (χ4n) is 4.63. The molecule has 0 aromatic heterocycles. The summed E-state index contributed by atoms with van der Waals surface area (Å²) >= 11 is 0. The van der Waals surface area contributed by atoms with Crippen molar-refractivity contribution in [2.24, 2.45) is 0 Å². The van der Waals surface area contributed by atoms with Crippen molar-refractivity contribution in [3.63, 3.8) is 0 Å². The van der Waals surface area contributed by atoms with E-state index in [1.165, 1.54) is 96.3 Å². The van der Waals surface area contributed by atoms with Crippen LogP contribution in [0.4, 0.5) is 0 Å². The summed E-state index contributed by atoms with van der Waals surface area (Å²) in [6.45, 7) is 1.78. The molecule has 0 aromatic carbocycles. The van der Waals surface area contributed by atoms with Crippen LogP contribution >= 0.6 is 7.82 Å². The lowest BCUT2D eigenvalue weighted by Crippen LogP contribution is -2.41. The molecule has 0 radical (unpaired) electrons. The molecule has 0 aliphatic carbocycles. The Labute approximate surface area is 245 Å². The van der Waals surface area contributed by atoms with E-state index in [4.69, 9.17) is 14.3 Å². The third-order valence-electron chi connectivity index (χ3n) is 7.25. The minimum absolute atomic E-state index is 0.0717. The maximum absolute atomic E-state index is 12.6. The number of phosphoric ester groups is 1. The number of hydrogen-bond donors (Lipinski definition) is 2. The van der Waals surface area contributed by atoms with E-state index in [-0.39, 0.29) is 13.0 Å². The number of aliphatic hydroxyl groups is 1. The van der Waals surface area contributed by atoms with Crippen molar-refractivity contribution in [2.45, 2.75) is 148 Å². The summed E-state index contributed by atoms with van der Waals surface area (Å²) < 4.78 is 22.5. The summed E-state index contributed by atoms with van der Waals surface area (Å²) in [6, 6.07) is 0. The molecule has 0 fully saturated rings. The average molecular weight is 596 g/mol. The lowest BCUT2D eigenvalue weighted by atomic mass is 10.0. The lowest BCUT2D eigenvalue weighted by molar-refractivity contribution is -0.870. The van der Waals surface area contributed by atoms with Crippen molar-refractivity contribution < 1.29 is 43.0 Å². The predicted octanol–water partition coefficient (Wildman–Crippen LogP) is 6.80. The zero-order chi connectivity index (χ0) is 30.1. The van der Waals surface area contributed by atoms with Gasteiger partial charge in [-0.3, -0.25) is 14.6 Å². The number of carbonyl (C=O) groups excluding carboxylic acids is 1. The highest BCUT2D eigenvalue weighted by atomic mass is 31.2. The summed E-state index contributed by atoms with van der Waals surface area (Å²) in [5.41, 5.74) is 0. The Bertz CT molecular complexity index is 640. The van der Waals surface area contributed by atoms with Crippen LogP contribution in [-0.4, -0.2) is 73.7 Å². The lowest BCUT2D eigenvalue weighted by Gasteiger charge is -2.31. The molecule has 0 saturated carbocycles. The molecular formula is C30H62NO8P. The second kappa shape index (κ2) is 25.1. The predicted molar refractivity (Wildman–Crippen MR) is 159 cm³/mol. The number of likely N-dealkylation sites (N-methyl/N-ethyl adjacent to an activating group) is 1. The fourth-order valence-corrected chi connectivity index (χ4v) is 5.53. The molecule has 10 heteroatoms. The maximum Gasteiger partial charge on any atom is 0.268 e. The van der Waals surface area contributed by atoms with Gasteiger partial charge in [0.1, 0.15) is 19.3 Å². The molecule has 2 unspecified atom stereocenters. The average Bonchev–Trinajstić information content (AvgIpc) is 2.89. The number of aliphatic hydroxyl groups excluding tert-OH is 1. The van der Waals surface area contributed by atoms with E-state index in [0.717, 1.165) is 19.3 Å². The van der Waals surface area contributed by atoms with E-state index in [2.05, 4.69) is 11.8 Å². The van der Waals surface area contributed by atoms with Crippen LogP contribution in [-0.2, 0) is 23.3 Å². The smallest absolute Gasteiger partial charge is 0.268 e. The molecule has 0 bridgehead atoms. The fraction of sp³-hybridized carbons (Fsp3) is 0.967. The van der Waals surface area contributed by atoms with Crippen LogP contribution in [0.3, 0.4) is 0 Å². The van der Waals surface area contributed by atoms with Gasteiger partial charge in [-0.15, -0.1) is 0 Å². The molecule has 0 saturated heterocycles. The van der Waals surface area contributed by atoms with Gasteiger partial charge in [0.25, 0.3) is 7.82 Å². The van der Waals surface area contributed by atoms with Gasteiger partial charge in [0.15, 0.2) is 11.9 Å². The monoisotopic (exact) mass is 595 g/mol. The number of ketones is 1. The Balaban J connectivity index is 3.93. The molecular weight excluding hydrogens is 533 g/mol. The van der Waals surface area contributed by atoms with Crippen molar-refractivity contribution in [3.05, 3.63) is 0 Å². The molecule has 0 aromatic rings. The third-order valence-corrected chi connectivity index (χ3v) is 8.24. The quantitative estimate of drug-likeness (QED) is 0.0305. The SMILES string of the molecule is CCCCCCCCCCCCCCCCCCCCCC(=O)C(OP(=O)([O-])OCC[N+](C)(C)C)[C@H](CO)OO. The van der Waals surface area contributed by atoms with Gasteiger partial charge >= 0.3 is 0 Å². The van der Waals surface area contributed by atoms with E-state index >= 15 is 0 Å². The molecule has 240 valence electrons. The van der Waals surface area contributed by atoms with Crippen LogP contribution in [0.15, 0.2) is 0 Å². The number of hydrogen-bond acceptors (Lipinski definition) is 8. The number of rotatable bonds is 30. The van der Waals surface area contributed by atoms with Gasteiger partial charge in [0, 0.05) is 6.42 Å². The molecule has 40 heavy (non-hydrogen) atoms. The first kappa shape index (κ1) is 39.6. The molecule has 0 heterocycles. The number of carbonyl (C=O) groups is 1. The highest BCUT2D eigenvalue weighted by Gasteiger charge is 2.33. The van der Waals surface area contributed by atoms with E-state index < -0.39 is 32.4 Å². The van der Waals surface area contributed by atoms with Crippen molar-refractivity contribution in [1.29, 1.82) is 0 Å². The highest BCUT2D eigenvalue weighted by Crippen LogP contribution is 2.41. The third kappa shape index (κ3) is 24.2. The summed E-state index contributed by atoms with van der Waals surface area (Å²) in [5, 5.41) is 18.4. The number of Topliss-reactive ketones (excluding diaryl/α,β-unsaturated/α-hetero) is 1. The number of nitrogens with zero attached hydrogens (tertiary/aromatic N) is 1. The molecule has 9 nitrogen and oxygen atoms in total. The molecule has 0 aliphatic heterocycles. The van der Waals surface area contributed by atoms with Gasteiger partial charge in [-0.2, -0.15) is 0 Å². The maximum atomic E-state index is 12.6. The topological polar surface area (TPSA) is 125 Å². The van der Waals surface area contributed by atoms with E-state index in [1.54, 1.807) is 0 Å². The van der Waals surface area contributed by atoms with Gasteiger partial charge in [-0.05, 0) is 6.42 Å². The van der Waals surface area contributed by atoms with E-state index in [1.807, 2.05) is 21.1 Å². The van der Waals surface area contributed by atoms with Gasteiger partial charge < -0.3 is 23.5 Å². The molecule has 2 N–H and O–H groups in total. The van der Waals surface area contributed by atoms with Crippen LogP contribution in [0.5, 0.6) is 0 Å². The van der Waals surface area contributed by atoms with Crippen LogP contribution in [0, 0.1) is 0 Å². The second-order valence-corrected chi connectivity index (χ2v) is 13.6. The second-order valence-electron chi connectivity index (χ2n) is 12.2. The first-order chi connectivity index (χ1) is 19.1. The molecule has 0 amide bonds. The Morgan fingerprint density at radius 3 is 1.52 bits per heavy atom. The standard InChI is InChI=1S/C30H62NO8P/c1-5-6-7-8-9-10-11-12-13-14-15-16-17-18-19-20-21-22-23-24-28(33)30(29(27-32)38-34)39-40(35,36)37-26-25-31(2,3)4/h29-30,32H,5-27H2,1-4H3,(H-,34,35,36)/t29-,30?/m0/s1. The molecule has 0 aliphatic rings. The number of unbranched alkanes of at least 4 members (excludes halogenated alkanes) is 18. The molecule has 0 rings (SSSR count). The summed E-state index contributed by atoms with van der Waals surface area (Å²) in [6.07, 6.45) is 20.7. The Kier molecular flexibility index (Phi) is 24.9. The van der Waals surface area contributed by atoms with Crippen molar-refractivity contribution in [2.75, 3.05) is 40.9 Å². The summed E-state index contributed by atoms with van der Waals surface area (Å²) in [4.78, 5) is 29.0. The molecule has 0 spiro atoms. The number of quaternary nitrogens is 1. The van der Waals surface area contributed by atoms with E-state index in [9.17, 15) is 19.4 Å². The summed E-state index contributed by atoms with van der Waals surface area (Å²) in [7, 11) is 0.816. The van der Waals surface area contributed by atoms with Crippen LogP contribution in [0.2, 0.25) is 0 Å². The van der Waals surface area contributed by atoms with Crippen molar-refractivity contribution >= 4 is 13.6 Å². The van der Waals surface area contributed by atoms with Crippen molar-refractivity contribution in [1.82, 2.24) is 0 Å². The minimum Gasteiger partial charge on any atom is -0.756 e. The van der Waals surface area contributed by atoms with Crippen LogP contribution < -0.4 is 4.89 Å². The van der Waals surface area contributed by atoms with Crippen LogP contribution in [0.25, 0.3) is 0 Å². The first-order valence-electron chi connectivity index (χ1n) is 15.9. The Morgan fingerprint density at radius 2 is 1.18 bits per heavy atom. The highest BCUT2D eigenvalue weighted by molar-refractivity contribution is 7.45. The zero-order valence-electron chi connectivity index (χ0n) is 26.2. The largest absolute Gasteiger partial charge is 0.756 e. The zero-order valence-corrected chi connectivity index (χ0v) is 27.1. The van der Waals surface area contributed by atoms with E-state index in [0.29, 0.717) is 17.4 Å². The Hall–Kier alpha value is -0.380. The van der Waals surface area contributed by atoms with Crippen molar-refractivity contribution in [3.8, 4) is 0 Å². The normalized spacial score (nSPS) is 15.2. The minimum atomic E-state index is -4.83. The van der Waals surface area contributed by atoms with Gasteiger partial charge in [-0.1, -0.05) is 122 Å². The van der Waals surface area contributed by atoms with Crippen LogP contribution in [0.1, 0.15) is 135 Å². The summed E-state index contributed by atoms with van der Waals surface area (Å²) in [5.74, 6) is -0.550. The van der Waals surface area contributed by atoms with Gasteiger partial charge in [0.2, 0.25) is 0 Å².